The summed E-state index contributed by atoms with van der Waals surface area (Å²) in [6, 6.07) is 6.95. The molecule has 0 aromatic heterocycles. The second-order valence-electron chi connectivity index (χ2n) is 3.78. The monoisotopic (exact) mass is 245 g/mol. The average molecular weight is 245 g/mol. The highest BCUT2D eigenvalue weighted by Gasteiger charge is 2.07. The van der Waals surface area contributed by atoms with E-state index in [1.54, 1.807) is 23.9 Å². The van der Waals surface area contributed by atoms with Gasteiger partial charge in [0.05, 0.1) is 0 Å². The molecule has 0 heterocycles. The van der Waals surface area contributed by atoms with E-state index < -0.39 is 6.43 Å². The highest BCUT2D eigenvalue weighted by Crippen LogP contribution is 2.19. The van der Waals surface area contributed by atoms with Gasteiger partial charge in [0.15, 0.2) is 0 Å². The minimum Gasteiger partial charge on any atom is -0.309 e. The number of hydrogen-bond donors (Lipinski definition) is 1. The summed E-state index contributed by atoms with van der Waals surface area (Å²) >= 11 is 1.77. The molecule has 0 amide bonds. The second kappa shape index (κ2) is 6.86. The van der Waals surface area contributed by atoms with Crippen molar-refractivity contribution in [1.82, 2.24) is 5.32 Å². The molecular weight excluding hydrogens is 228 g/mol. The lowest BCUT2D eigenvalue weighted by atomic mass is 10.1. The Morgan fingerprint density at radius 1 is 1.38 bits per heavy atom. The van der Waals surface area contributed by atoms with Crippen LogP contribution >= 0.6 is 11.8 Å². The summed E-state index contributed by atoms with van der Waals surface area (Å²) in [4.78, 5) is 0. The first-order valence-electron chi connectivity index (χ1n) is 5.22. The Labute approximate surface area is 99.6 Å². The van der Waals surface area contributed by atoms with E-state index in [2.05, 4.69) is 18.5 Å². The van der Waals surface area contributed by atoms with Gasteiger partial charge in [-0.3, -0.25) is 0 Å². The van der Waals surface area contributed by atoms with Crippen LogP contribution in [0.5, 0.6) is 0 Å². The molecule has 1 rings (SSSR count). The van der Waals surface area contributed by atoms with Crippen molar-refractivity contribution in [2.45, 2.75) is 25.9 Å². The zero-order chi connectivity index (χ0) is 12.0. The first kappa shape index (κ1) is 13.5. The quantitative estimate of drug-likeness (QED) is 0.823. The highest BCUT2D eigenvalue weighted by atomic mass is 32.2. The molecule has 90 valence electrons. The fourth-order valence-electron chi connectivity index (χ4n) is 1.44. The predicted octanol–water partition coefficient (Wildman–Crippen LogP) is 3.47. The van der Waals surface area contributed by atoms with E-state index in [0.29, 0.717) is 12.6 Å². The van der Waals surface area contributed by atoms with Gasteiger partial charge in [-0.25, -0.2) is 8.78 Å². The molecular formula is C12H17F2NS. The van der Waals surface area contributed by atoms with Crippen LogP contribution in [0.1, 0.15) is 24.5 Å². The summed E-state index contributed by atoms with van der Waals surface area (Å²) in [6.45, 7) is 2.73. The Hall–Kier alpha value is -0.610. The Morgan fingerprint density at radius 3 is 2.75 bits per heavy atom. The maximum Gasteiger partial charge on any atom is 0.263 e. The van der Waals surface area contributed by atoms with Crippen LogP contribution in [0, 0.1) is 0 Å². The summed E-state index contributed by atoms with van der Waals surface area (Å²) in [5, 5.41) is 3.30. The third kappa shape index (κ3) is 4.49. The Morgan fingerprint density at radius 2 is 2.12 bits per heavy atom. The van der Waals surface area contributed by atoms with Crippen LogP contribution in [0.25, 0.3) is 0 Å². The smallest absolute Gasteiger partial charge is 0.263 e. The lowest BCUT2D eigenvalue weighted by Gasteiger charge is -2.12. The van der Waals surface area contributed by atoms with Gasteiger partial charge < -0.3 is 5.32 Å². The predicted molar refractivity (Wildman–Crippen MR) is 66.1 cm³/mol. The van der Waals surface area contributed by atoms with Crippen molar-refractivity contribution in [3.05, 3.63) is 35.4 Å². The van der Waals surface area contributed by atoms with Crippen molar-refractivity contribution in [2.75, 3.05) is 12.0 Å². The molecule has 1 aromatic rings. The largest absolute Gasteiger partial charge is 0.309 e. The van der Waals surface area contributed by atoms with Crippen molar-refractivity contribution >= 4 is 11.8 Å². The normalized spacial score (nSPS) is 13.1. The van der Waals surface area contributed by atoms with Crippen LogP contribution in [0.4, 0.5) is 8.78 Å². The van der Waals surface area contributed by atoms with E-state index in [0.717, 1.165) is 11.3 Å². The van der Waals surface area contributed by atoms with Crippen molar-refractivity contribution in [1.29, 1.82) is 0 Å². The lowest BCUT2D eigenvalue weighted by Crippen LogP contribution is -2.27. The molecule has 1 atom stereocenters. The average Bonchev–Trinajstić information content (AvgIpc) is 2.27. The van der Waals surface area contributed by atoms with Gasteiger partial charge >= 0.3 is 0 Å². The standard InChI is InChI=1S/C12H17F2NS/c1-9(8-16-2)15-7-10-4-3-5-11(6-10)12(13)14/h3-6,9,12,15H,7-8H2,1-2H3. The molecule has 4 heteroatoms. The lowest BCUT2D eigenvalue weighted by molar-refractivity contribution is 0.151. The molecule has 0 saturated carbocycles. The van der Waals surface area contributed by atoms with Crippen molar-refractivity contribution in [3.8, 4) is 0 Å². The van der Waals surface area contributed by atoms with Gasteiger partial charge in [0.2, 0.25) is 0 Å². The van der Waals surface area contributed by atoms with Gasteiger partial charge in [0.1, 0.15) is 0 Å². The molecule has 1 N–H and O–H groups in total. The number of nitrogens with one attached hydrogen (secondary N) is 1. The minimum absolute atomic E-state index is 0.0943. The molecule has 0 saturated heterocycles. The number of benzene rings is 1. The fourth-order valence-corrected chi connectivity index (χ4v) is 2.06. The summed E-state index contributed by atoms with van der Waals surface area (Å²) in [7, 11) is 0. The maximum atomic E-state index is 12.4. The Balaban J connectivity index is 2.50. The molecule has 1 unspecified atom stereocenters. The molecule has 0 spiro atoms. The maximum absolute atomic E-state index is 12.4. The van der Waals surface area contributed by atoms with E-state index in [1.807, 2.05) is 6.07 Å². The number of alkyl halides is 2. The van der Waals surface area contributed by atoms with Gasteiger partial charge in [-0.05, 0) is 24.8 Å². The van der Waals surface area contributed by atoms with Crippen LogP contribution in [0.2, 0.25) is 0 Å². The fraction of sp³-hybridized carbons (Fsp3) is 0.500. The van der Waals surface area contributed by atoms with E-state index >= 15 is 0 Å². The number of hydrogen-bond acceptors (Lipinski definition) is 2. The summed E-state index contributed by atoms with van der Waals surface area (Å²) in [5.74, 6) is 1.02. The summed E-state index contributed by atoms with van der Waals surface area (Å²) in [5.41, 5.74) is 1.00. The molecule has 0 aliphatic rings. The Bertz CT molecular complexity index is 318. The first-order valence-corrected chi connectivity index (χ1v) is 6.62. The topological polar surface area (TPSA) is 12.0 Å². The zero-order valence-electron chi connectivity index (χ0n) is 9.54. The van der Waals surface area contributed by atoms with Gasteiger partial charge in [-0.15, -0.1) is 0 Å². The number of rotatable bonds is 6. The summed E-state index contributed by atoms with van der Waals surface area (Å²) < 4.78 is 24.9. The molecule has 0 bridgehead atoms. The van der Waals surface area contributed by atoms with E-state index in [9.17, 15) is 8.78 Å². The third-order valence-electron chi connectivity index (χ3n) is 2.27. The van der Waals surface area contributed by atoms with Crippen molar-refractivity contribution in [3.63, 3.8) is 0 Å². The first-order chi connectivity index (χ1) is 7.63. The molecule has 0 fully saturated rings. The van der Waals surface area contributed by atoms with Crippen LogP contribution in [0.15, 0.2) is 24.3 Å². The van der Waals surface area contributed by atoms with E-state index in [1.165, 1.54) is 6.07 Å². The summed E-state index contributed by atoms with van der Waals surface area (Å²) in [6.07, 6.45) is -0.334. The van der Waals surface area contributed by atoms with Gasteiger partial charge in [0, 0.05) is 23.9 Å². The third-order valence-corrected chi connectivity index (χ3v) is 3.11. The SMILES string of the molecule is CSCC(C)NCc1cccc(C(F)F)c1. The number of thioether (sulfide) groups is 1. The molecule has 16 heavy (non-hydrogen) atoms. The van der Waals surface area contributed by atoms with Crippen molar-refractivity contribution in [2.24, 2.45) is 0 Å². The second-order valence-corrected chi connectivity index (χ2v) is 4.69. The minimum atomic E-state index is -2.39. The molecule has 0 aliphatic carbocycles. The molecule has 1 aromatic carbocycles. The van der Waals surface area contributed by atoms with Gasteiger partial charge in [0.25, 0.3) is 6.43 Å². The van der Waals surface area contributed by atoms with Gasteiger partial charge in [-0.1, -0.05) is 18.2 Å². The molecule has 0 radical (unpaired) electrons. The van der Waals surface area contributed by atoms with E-state index in [4.69, 9.17) is 0 Å². The Kier molecular flexibility index (Phi) is 5.77. The van der Waals surface area contributed by atoms with Crippen LogP contribution in [-0.4, -0.2) is 18.1 Å². The van der Waals surface area contributed by atoms with Crippen LogP contribution in [0.3, 0.4) is 0 Å². The van der Waals surface area contributed by atoms with Crippen LogP contribution < -0.4 is 5.32 Å². The van der Waals surface area contributed by atoms with Crippen LogP contribution in [-0.2, 0) is 6.54 Å². The molecule has 0 aliphatic heterocycles. The van der Waals surface area contributed by atoms with E-state index in [-0.39, 0.29) is 5.56 Å². The molecule has 1 nitrogen and oxygen atoms in total. The zero-order valence-corrected chi connectivity index (χ0v) is 10.4. The van der Waals surface area contributed by atoms with Gasteiger partial charge in [-0.2, -0.15) is 11.8 Å². The highest BCUT2D eigenvalue weighted by molar-refractivity contribution is 7.98. The number of halogens is 2. The van der Waals surface area contributed by atoms with Crippen molar-refractivity contribution < 1.29 is 8.78 Å².